The quantitative estimate of drug-likeness (QED) is 0.892. The van der Waals surface area contributed by atoms with Gasteiger partial charge in [-0.25, -0.2) is 0 Å². The molecule has 2 aromatic rings. The summed E-state index contributed by atoms with van der Waals surface area (Å²) in [6, 6.07) is 17.6. The highest BCUT2D eigenvalue weighted by molar-refractivity contribution is 5.52. The van der Waals surface area contributed by atoms with Crippen molar-refractivity contribution in [3.8, 4) is 0 Å². The number of anilines is 1. The summed E-state index contributed by atoms with van der Waals surface area (Å²) in [7, 11) is 0. The van der Waals surface area contributed by atoms with E-state index in [2.05, 4.69) is 74.2 Å². The molecule has 0 saturated heterocycles. The second-order valence-corrected chi connectivity index (χ2v) is 5.52. The van der Waals surface area contributed by atoms with E-state index in [1.807, 2.05) is 0 Å². The number of rotatable bonds is 5. The van der Waals surface area contributed by atoms with Crippen LogP contribution in [0.1, 0.15) is 30.5 Å². The first kappa shape index (κ1) is 14.6. The van der Waals surface area contributed by atoms with Crippen molar-refractivity contribution in [1.82, 2.24) is 0 Å². The molecule has 0 aromatic heterocycles. The van der Waals surface area contributed by atoms with Gasteiger partial charge >= 0.3 is 0 Å². The van der Waals surface area contributed by atoms with Crippen LogP contribution in [0.3, 0.4) is 0 Å². The van der Waals surface area contributed by atoms with Gasteiger partial charge in [0.2, 0.25) is 0 Å². The molecule has 0 spiro atoms. The lowest BCUT2D eigenvalue weighted by Crippen LogP contribution is -2.30. The molecule has 0 aliphatic rings. The van der Waals surface area contributed by atoms with E-state index in [1.54, 1.807) is 0 Å². The van der Waals surface area contributed by atoms with Crippen molar-refractivity contribution in [3.63, 3.8) is 0 Å². The van der Waals surface area contributed by atoms with Gasteiger partial charge in [0.1, 0.15) is 0 Å². The van der Waals surface area contributed by atoms with Gasteiger partial charge in [-0.2, -0.15) is 0 Å². The second kappa shape index (κ2) is 6.58. The van der Waals surface area contributed by atoms with Gasteiger partial charge in [0.15, 0.2) is 0 Å². The van der Waals surface area contributed by atoms with Gasteiger partial charge in [-0.3, -0.25) is 0 Å². The van der Waals surface area contributed by atoms with Crippen molar-refractivity contribution in [2.24, 2.45) is 5.73 Å². The van der Waals surface area contributed by atoms with Crippen LogP contribution in [0.15, 0.2) is 48.5 Å². The Labute approximate surface area is 122 Å². The average molecular weight is 268 g/mol. The molecule has 0 atom stereocenters. The van der Waals surface area contributed by atoms with Crippen molar-refractivity contribution in [2.45, 2.75) is 39.9 Å². The summed E-state index contributed by atoms with van der Waals surface area (Å²) < 4.78 is 0. The maximum absolute atomic E-state index is 5.75. The van der Waals surface area contributed by atoms with Crippen molar-refractivity contribution >= 4 is 5.69 Å². The third-order valence-electron chi connectivity index (χ3n) is 3.70. The van der Waals surface area contributed by atoms with Crippen molar-refractivity contribution < 1.29 is 0 Å². The fraction of sp³-hybridized carbons (Fsp3) is 0.333. The maximum atomic E-state index is 5.75. The summed E-state index contributed by atoms with van der Waals surface area (Å²) in [4.78, 5) is 2.42. The van der Waals surface area contributed by atoms with Gasteiger partial charge in [-0.15, -0.1) is 0 Å². The molecule has 2 aromatic carbocycles. The Morgan fingerprint density at radius 3 is 2.30 bits per heavy atom. The zero-order valence-electron chi connectivity index (χ0n) is 12.6. The molecular weight excluding hydrogens is 244 g/mol. The highest BCUT2D eigenvalue weighted by Gasteiger charge is 2.12. The topological polar surface area (TPSA) is 29.3 Å². The lowest BCUT2D eigenvalue weighted by atomic mass is 10.1. The van der Waals surface area contributed by atoms with E-state index < -0.39 is 0 Å². The molecule has 0 saturated carbocycles. The predicted molar refractivity (Wildman–Crippen MR) is 86.8 cm³/mol. The van der Waals surface area contributed by atoms with E-state index in [4.69, 9.17) is 5.73 Å². The van der Waals surface area contributed by atoms with Crippen LogP contribution < -0.4 is 10.6 Å². The minimum Gasteiger partial charge on any atom is -0.365 e. The molecule has 0 bridgehead atoms. The molecule has 2 nitrogen and oxygen atoms in total. The summed E-state index contributed by atoms with van der Waals surface area (Å²) in [5.41, 5.74) is 10.8. The minimum absolute atomic E-state index is 0.457. The first-order valence-electron chi connectivity index (χ1n) is 7.22. The smallest absolute Gasteiger partial charge is 0.0432 e. The molecule has 2 rings (SSSR count). The monoisotopic (exact) mass is 268 g/mol. The molecule has 0 aliphatic heterocycles. The van der Waals surface area contributed by atoms with Crippen LogP contribution in [-0.4, -0.2) is 6.04 Å². The molecule has 0 unspecified atom stereocenters. The third-order valence-corrected chi connectivity index (χ3v) is 3.70. The van der Waals surface area contributed by atoms with Gasteiger partial charge in [-0.1, -0.05) is 36.4 Å². The zero-order chi connectivity index (χ0) is 14.5. The third kappa shape index (κ3) is 3.40. The molecule has 20 heavy (non-hydrogen) atoms. The molecule has 2 N–H and O–H groups in total. The predicted octanol–water partition coefficient (Wildman–Crippen LogP) is 3.87. The Morgan fingerprint density at radius 2 is 1.75 bits per heavy atom. The Hall–Kier alpha value is -1.80. The first-order chi connectivity index (χ1) is 9.61. The normalized spacial score (nSPS) is 10.8. The Morgan fingerprint density at radius 1 is 1.05 bits per heavy atom. The van der Waals surface area contributed by atoms with Gasteiger partial charge in [0, 0.05) is 24.8 Å². The number of hydrogen-bond acceptors (Lipinski definition) is 2. The van der Waals surface area contributed by atoms with Gasteiger partial charge in [0.05, 0.1) is 0 Å². The molecule has 0 amide bonds. The van der Waals surface area contributed by atoms with Crippen LogP contribution in [0.5, 0.6) is 0 Å². The largest absolute Gasteiger partial charge is 0.365 e. The van der Waals surface area contributed by atoms with Crippen LogP contribution in [-0.2, 0) is 13.1 Å². The van der Waals surface area contributed by atoms with Crippen molar-refractivity contribution in [3.05, 3.63) is 65.2 Å². The molecular formula is C18H24N2. The van der Waals surface area contributed by atoms with Crippen LogP contribution in [0, 0.1) is 6.92 Å². The standard InChI is InChI=1S/C18H24N2/c1-14(2)20(13-16-7-5-4-6-8-16)18-10-9-17(12-19)15(3)11-18/h4-11,14H,12-13,19H2,1-3H3. The van der Waals surface area contributed by atoms with E-state index in [9.17, 15) is 0 Å². The van der Waals surface area contributed by atoms with E-state index in [1.165, 1.54) is 22.4 Å². The number of nitrogens with zero attached hydrogens (tertiary/aromatic N) is 1. The van der Waals surface area contributed by atoms with Gasteiger partial charge in [-0.05, 0) is 49.6 Å². The van der Waals surface area contributed by atoms with E-state index in [0.717, 1.165) is 6.54 Å². The van der Waals surface area contributed by atoms with Crippen molar-refractivity contribution in [2.75, 3.05) is 4.90 Å². The summed E-state index contributed by atoms with van der Waals surface area (Å²) in [6.07, 6.45) is 0. The summed E-state index contributed by atoms with van der Waals surface area (Å²) in [5.74, 6) is 0. The summed E-state index contributed by atoms with van der Waals surface area (Å²) in [6.45, 7) is 8.13. The molecule has 0 heterocycles. The van der Waals surface area contributed by atoms with Crippen LogP contribution in [0.2, 0.25) is 0 Å². The van der Waals surface area contributed by atoms with Crippen molar-refractivity contribution in [1.29, 1.82) is 0 Å². The lowest BCUT2D eigenvalue weighted by Gasteiger charge is -2.30. The molecule has 106 valence electrons. The lowest BCUT2D eigenvalue weighted by molar-refractivity contribution is 0.682. The highest BCUT2D eigenvalue weighted by atomic mass is 15.1. The van der Waals surface area contributed by atoms with E-state index in [-0.39, 0.29) is 0 Å². The van der Waals surface area contributed by atoms with Crippen LogP contribution in [0.4, 0.5) is 5.69 Å². The van der Waals surface area contributed by atoms with E-state index in [0.29, 0.717) is 12.6 Å². The minimum atomic E-state index is 0.457. The molecule has 0 aliphatic carbocycles. The Bertz CT molecular complexity index is 547. The fourth-order valence-corrected chi connectivity index (χ4v) is 2.44. The fourth-order valence-electron chi connectivity index (χ4n) is 2.44. The summed E-state index contributed by atoms with van der Waals surface area (Å²) >= 11 is 0. The SMILES string of the molecule is Cc1cc(N(Cc2ccccc2)C(C)C)ccc1CN. The number of nitrogens with two attached hydrogens (primary N) is 1. The van der Waals surface area contributed by atoms with Crippen LogP contribution in [0.25, 0.3) is 0 Å². The highest BCUT2D eigenvalue weighted by Crippen LogP contribution is 2.23. The van der Waals surface area contributed by atoms with Gasteiger partial charge < -0.3 is 10.6 Å². The number of hydrogen-bond donors (Lipinski definition) is 1. The molecule has 2 heteroatoms. The Balaban J connectivity index is 2.27. The second-order valence-electron chi connectivity index (χ2n) is 5.52. The molecule has 0 radical (unpaired) electrons. The van der Waals surface area contributed by atoms with E-state index >= 15 is 0 Å². The van der Waals surface area contributed by atoms with Gasteiger partial charge in [0.25, 0.3) is 0 Å². The average Bonchev–Trinajstić information content (AvgIpc) is 2.45. The summed E-state index contributed by atoms with van der Waals surface area (Å²) in [5, 5.41) is 0. The number of benzene rings is 2. The Kier molecular flexibility index (Phi) is 4.80. The molecule has 0 fully saturated rings. The maximum Gasteiger partial charge on any atom is 0.0432 e. The first-order valence-corrected chi connectivity index (χ1v) is 7.22. The zero-order valence-corrected chi connectivity index (χ0v) is 12.6. The number of aryl methyl sites for hydroxylation is 1. The van der Waals surface area contributed by atoms with Crippen LogP contribution >= 0.6 is 0 Å².